The third-order valence-electron chi connectivity index (χ3n) is 5.08. The number of carbonyl (C=O) groups excluding carboxylic acids is 2. The molecule has 1 atom stereocenters. The Morgan fingerprint density at radius 3 is 2.71 bits per heavy atom. The van der Waals surface area contributed by atoms with Crippen LogP contribution in [0.1, 0.15) is 35.4 Å². The number of urea groups is 1. The monoisotopic (exact) mass is 377 g/mol. The second kappa shape index (κ2) is 9.22. The van der Waals surface area contributed by atoms with Crippen molar-refractivity contribution in [1.82, 2.24) is 10.2 Å². The number of nitrogens with zero attached hydrogens (tertiary/aromatic N) is 1. The number of nitrogens with one attached hydrogen (secondary N) is 2. The summed E-state index contributed by atoms with van der Waals surface area (Å²) >= 11 is 0. The summed E-state index contributed by atoms with van der Waals surface area (Å²) in [7, 11) is 0. The fraction of sp³-hybridized carbons (Fsp3) is 0.304. The Kier molecular flexibility index (Phi) is 6.48. The van der Waals surface area contributed by atoms with Gasteiger partial charge in [0, 0.05) is 31.2 Å². The SMILES string of the molecule is C=CC(=O)N1CCCC(c2ccc(NC(=O)NCc3cccc(C)c3)cc2)C1. The zero-order chi connectivity index (χ0) is 19.9. The van der Waals surface area contributed by atoms with E-state index in [0.717, 1.165) is 30.6 Å². The van der Waals surface area contributed by atoms with Crippen LogP contribution in [0, 0.1) is 6.92 Å². The van der Waals surface area contributed by atoms with Gasteiger partial charge >= 0.3 is 6.03 Å². The molecule has 2 aromatic rings. The van der Waals surface area contributed by atoms with Crippen LogP contribution >= 0.6 is 0 Å². The van der Waals surface area contributed by atoms with Crippen LogP contribution in [-0.2, 0) is 11.3 Å². The van der Waals surface area contributed by atoms with Gasteiger partial charge in [0.1, 0.15) is 0 Å². The van der Waals surface area contributed by atoms with Crippen molar-refractivity contribution in [2.24, 2.45) is 0 Å². The number of likely N-dealkylation sites (tertiary alicyclic amines) is 1. The first-order chi connectivity index (χ1) is 13.5. The quantitative estimate of drug-likeness (QED) is 0.767. The maximum absolute atomic E-state index is 12.1. The molecule has 1 aliphatic rings. The highest BCUT2D eigenvalue weighted by atomic mass is 16.2. The molecule has 0 saturated carbocycles. The van der Waals surface area contributed by atoms with Gasteiger partial charge in [0.2, 0.25) is 5.91 Å². The summed E-state index contributed by atoms with van der Waals surface area (Å²) in [6.45, 7) is 7.60. The van der Waals surface area contributed by atoms with Crippen molar-refractivity contribution in [3.05, 3.63) is 77.9 Å². The number of anilines is 1. The van der Waals surface area contributed by atoms with Gasteiger partial charge in [-0.2, -0.15) is 0 Å². The second-order valence-electron chi connectivity index (χ2n) is 7.25. The van der Waals surface area contributed by atoms with E-state index in [1.54, 1.807) is 0 Å². The lowest BCUT2D eigenvalue weighted by Gasteiger charge is -2.32. The maximum Gasteiger partial charge on any atom is 0.319 e. The van der Waals surface area contributed by atoms with Gasteiger partial charge in [-0.1, -0.05) is 48.5 Å². The van der Waals surface area contributed by atoms with Crippen LogP contribution in [0.5, 0.6) is 0 Å². The van der Waals surface area contributed by atoms with E-state index in [0.29, 0.717) is 19.0 Å². The van der Waals surface area contributed by atoms with E-state index in [2.05, 4.69) is 23.3 Å². The summed E-state index contributed by atoms with van der Waals surface area (Å²) in [4.78, 5) is 25.8. The number of benzene rings is 2. The van der Waals surface area contributed by atoms with Crippen LogP contribution in [0.25, 0.3) is 0 Å². The average molecular weight is 377 g/mol. The highest BCUT2D eigenvalue weighted by Gasteiger charge is 2.23. The maximum atomic E-state index is 12.1. The van der Waals surface area contributed by atoms with E-state index in [1.165, 1.54) is 17.2 Å². The minimum Gasteiger partial charge on any atom is -0.339 e. The summed E-state index contributed by atoms with van der Waals surface area (Å²) in [5.74, 6) is 0.315. The summed E-state index contributed by atoms with van der Waals surface area (Å²) < 4.78 is 0. The van der Waals surface area contributed by atoms with Crippen molar-refractivity contribution >= 4 is 17.6 Å². The molecular formula is C23H27N3O2. The third-order valence-corrected chi connectivity index (χ3v) is 5.08. The number of hydrogen-bond acceptors (Lipinski definition) is 2. The lowest BCUT2D eigenvalue weighted by molar-refractivity contribution is -0.127. The Morgan fingerprint density at radius 1 is 1.21 bits per heavy atom. The van der Waals surface area contributed by atoms with Crippen LogP contribution in [0.15, 0.2) is 61.2 Å². The lowest BCUT2D eigenvalue weighted by Crippen LogP contribution is -2.38. The topological polar surface area (TPSA) is 61.4 Å². The van der Waals surface area contributed by atoms with E-state index in [1.807, 2.05) is 54.3 Å². The number of rotatable bonds is 5. The number of piperidine rings is 1. The molecule has 28 heavy (non-hydrogen) atoms. The van der Waals surface area contributed by atoms with E-state index < -0.39 is 0 Å². The first-order valence-electron chi connectivity index (χ1n) is 9.67. The van der Waals surface area contributed by atoms with Crippen molar-refractivity contribution in [3.63, 3.8) is 0 Å². The molecule has 1 fully saturated rings. The van der Waals surface area contributed by atoms with E-state index >= 15 is 0 Å². The Bertz CT molecular complexity index is 845. The minimum absolute atomic E-state index is 0.00623. The second-order valence-corrected chi connectivity index (χ2v) is 7.25. The largest absolute Gasteiger partial charge is 0.339 e. The number of hydrogen-bond donors (Lipinski definition) is 2. The predicted molar refractivity (Wildman–Crippen MR) is 112 cm³/mol. The Labute approximate surface area is 166 Å². The number of carbonyl (C=O) groups is 2. The highest BCUT2D eigenvalue weighted by Crippen LogP contribution is 2.28. The zero-order valence-corrected chi connectivity index (χ0v) is 16.3. The molecule has 3 rings (SSSR count). The molecule has 3 amide bonds. The van der Waals surface area contributed by atoms with Crippen LogP contribution < -0.4 is 10.6 Å². The summed E-state index contributed by atoms with van der Waals surface area (Å²) in [5.41, 5.74) is 4.18. The molecule has 0 radical (unpaired) electrons. The molecule has 2 N–H and O–H groups in total. The van der Waals surface area contributed by atoms with Crippen molar-refractivity contribution in [2.45, 2.75) is 32.2 Å². The molecule has 1 heterocycles. The van der Waals surface area contributed by atoms with Crippen LogP contribution in [0.3, 0.4) is 0 Å². The minimum atomic E-state index is -0.227. The van der Waals surface area contributed by atoms with Crippen LogP contribution in [-0.4, -0.2) is 29.9 Å². The first-order valence-corrected chi connectivity index (χ1v) is 9.67. The molecule has 146 valence electrons. The van der Waals surface area contributed by atoms with Crippen LogP contribution in [0.4, 0.5) is 10.5 Å². The molecule has 0 bridgehead atoms. The van der Waals surface area contributed by atoms with Gasteiger partial charge in [0.05, 0.1) is 0 Å². The standard InChI is InChI=1S/C23H27N3O2/c1-3-22(27)26-13-5-8-20(16-26)19-9-11-21(12-10-19)25-23(28)24-15-18-7-4-6-17(2)14-18/h3-4,6-7,9-12,14,20H,1,5,8,13,15-16H2,2H3,(H2,24,25,28). The highest BCUT2D eigenvalue weighted by molar-refractivity contribution is 5.89. The summed E-state index contributed by atoms with van der Waals surface area (Å²) in [6.07, 6.45) is 3.43. The van der Waals surface area contributed by atoms with Gasteiger partial charge in [0.15, 0.2) is 0 Å². The molecular weight excluding hydrogens is 350 g/mol. The summed E-state index contributed by atoms with van der Waals surface area (Å²) in [6, 6.07) is 15.7. The lowest BCUT2D eigenvalue weighted by atomic mass is 9.90. The van der Waals surface area contributed by atoms with Crippen molar-refractivity contribution in [1.29, 1.82) is 0 Å². The molecule has 5 heteroatoms. The van der Waals surface area contributed by atoms with Gasteiger partial charge in [0.25, 0.3) is 0 Å². The molecule has 0 spiro atoms. The molecule has 1 aliphatic heterocycles. The van der Waals surface area contributed by atoms with E-state index in [-0.39, 0.29) is 11.9 Å². The third kappa shape index (κ3) is 5.22. The number of aryl methyl sites for hydroxylation is 1. The van der Waals surface area contributed by atoms with Gasteiger partial charge in [-0.15, -0.1) is 0 Å². The van der Waals surface area contributed by atoms with Crippen molar-refractivity contribution in [3.8, 4) is 0 Å². The molecule has 5 nitrogen and oxygen atoms in total. The fourth-order valence-corrected chi connectivity index (χ4v) is 3.60. The molecule has 1 unspecified atom stereocenters. The fourth-order valence-electron chi connectivity index (χ4n) is 3.60. The normalized spacial score (nSPS) is 16.3. The molecule has 2 aromatic carbocycles. The average Bonchev–Trinajstić information content (AvgIpc) is 2.72. The molecule has 1 saturated heterocycles. The van der Waals surface area contributed by atoms with E-state index in [4.69, 9.17) is 0 Å². The Morgan fingerprint density at radius 2 is 2.00 bits per heavy atom. The Balaban J connectivity index is 1.53. The van der Waals surface area contributed by atoms with Crippen molar-refractivity contribution < 1.29 is 9.59 Å². The zero-order valence-electron chi connectivity index (χ0n) is 16.3. The van der Waals surface area contributed by atoms with Gasteiger partial charge in [-0.25, -0.2) is 4.79 Å². The van der Waals surface area contributed by atoms with Gasteiger partial charge in [-0.05, 0) is 49.1 Å². The van der Waals surface area contributed by atoms with Gasteiger partial charge in [-0.3, -0.25) is 4.79 Å². The van der Waals surface area contributed by atoms with Crippen molar-refractivity contribution in [2.75, 3.05) is 18.4 Å². The molecule has 0 aliphatic carbocycles. The van der Waals surface area contributed by atoms with Crippen LogP contribution in [0.2, 0.25) is 0 Å². The Hall–Kier alpha value is -3.08. The van der Waals surface area contributed by atoms with Gasteiger partial charge < -0.3 is 15.5 Å². The predicted octanol–water partition coefficient (Wildman–Crippen LogP) is 4.21. The number of amides is 3. The molecule has 0 aromatic heterocycles. The summed E-state index contributed by atoms with van der Waals surface area (Å²) in [5, 5.41) is 5.74. The first kappa shape index (κ1) is 19.7. The smallest absolute Gasteiger partial charge is 0.319 e. The van der Waals surface area contributed by atoms with E-state index in [9.17, 15) is 9.59 Å².